The summed E-state index contributed by atoms with van der Waals surface area (Å²) < 4.78 is 39.8. The zero-order valence-corrected chi connectivity index (χ0v) is 11.0. The Kier molecular flexibility index (Phi) is 4.88. The van der Waals surface area contributed by atoms with E-state index in [1.807, 2.05) is 0 Å². The van der Waals surface area contributed by atoms with Gasteiger partial charge in [-0.25, -0.2) is 0 Å². The van der Waals surface area contributed by atoms with Crippen LogP contribution in [0.15, 0.2) is 24.3 Å². The average Bonchev–Trinajstić information content (AvgIpc) is 2.76. The number of benzene rings is 1. The van der Waals surface area contributed by atoms with E-state index in [1.165, 1.54) is 12.1 Å². The number of halogens is 3. The van der Waals surface area contributed by atoms with Gasteiger partial charge >= 0.3 is 6.36 Å². The van der Waals surface area contributed by atoms with Crippen LogP contribution in [0.3, 0.4) is 0 Å². The predicted molar refractivity (Wildman–Crippen MR) is 68.2 cm³/mol. The van der Waals surface area contributed by atoms with E-state index in [-0.39, 0.29) is 17.8 Å². The smallest absolute Gasteiger partial charge is 0.406 e. The molecule has 0 spiro atoms. The van der Waals surface area contributed by atoms with Crippen LogP contribution in [-0.4, -0.2) is 24.1 Å². The standard InChI is InChI=1S/C14H18F3NO2/c15-14(16,17)20-12-6-4-10(5-7-12)8-18-9-11-2-1-3-13(11)19/h4-7,11,13,18-19H,1-3,8-9H2. The van der Waals surface area contributed by atoms with Crippen LogP contribution in [0.4, 0.5) is 13.2 Å². The van der Waals surface area contributed by atoms with Crippen LogP contribution in [-0.2, 0) is 6.54 Å². The summed E-state index contributed by atoms with van der Waals surface area (Å²) in [4.78, 5) is 0. The van der Waals surface area contributed by atoms with Crippen molar-refractivity contribution in [1.82, 2.24) is 5.32 Å². The van der Waals surface area contributed by atoms with Gasteiger partial charge < -0.3 is 15.2 Å². The third-order valence-electron chi connectivity index (χ3n) is 3.51. The van der Waals surface area contributed by atoms with Gasteiger partial charge in [-0.3, -0.25) is 0 Å². The molecule has 20 heavy (non-hydrogen) atoms. The van der Waals surface area contributed by atoms with Crippen LogP contribution >= 0.6 is 0 Å². The third kappa shape index (κ3) is 4.68. The van der Waals surface area contributed by atoms with E-state index >= 15 is 0 Å². The van der Waals surface area contributed by atoms with Gasteiger partial charge in [0.2, 0.25) is 0 Å². The molecule has 1 aliphatic rings. The molecule has 2 atom stereocenters. The van der Waals surface area contributed by atoms with Gasteiger partial charge in [-0.2, -0.15) is 0 Å². The highest BCUT2D eigenvalue weighted by atomic mass is 19.4. The van der Waals surface area contributed by atoms with Gasteiger partial charge in [-0.15, -0.1) is 13.2 Å². The summed E-state index contributed by atoms with van der Waals surface area (Å²) in [5.74, 6) is 0.0651. The van der Waals surface area contributed by atoms with Gasteiger partial charge in [-0.05, 0) is 36.5 Å². The van der Waals surface area contributed by atoms with E-state index in [0.717, 1.165) is 31.4 Å². The number of aliphatic hydroxyl groups is 1. The first kappa shape index (κ1) is 15.1. The summed E-state index contributed by atoms with van der Waals surface area (Å²) in [6, 6.07) is 5.79. The summed E-state index contributed by atoms with van der Waals surface area (Å²) in [7, 11) is 0. The van der Waals surface area contributed by atoms with Crippen molar-refractivity contribution in [3.8, 4) is 5.75 Å². The Bertz CT molecular complexity index is 419. The second-order valence-corrected chi connectivity index (χ2v) is 5.08. The van der Waals surface area contributed by atoms with E-state index < -0.39 is 6.36 Å². The van der Waals surface area contributed by atoms with Gasteiger partial charge in [0, 0.05) is 13.1 Å². The number of hydrogen-bond donors (Lipinski definition) is 2. The van der Waals surface area contributed by atoms with Gasteiger partial charge in [-0.1, -0.05) is 18.6 Å². The highest BCUT2D eigenvalue weighted by Crippen LogP contribution is 2.25. The van der Waals surface area contributed by atoms with Crippen LogP contribution < -0.4 is 10.1 Å². The first-order valence-corrected chi connectivity index (χ1v) is 6.67. The van der Waals surface area contributed by atoms with Crippen LogP contribution in [0.2, 0.25) is 0 Å². The fourth-order valence-electron chi connectivity index (χ4n) is 2.47. The molecule has 1 aromatic carbocycles. The number of rotatable bonds is 5. The summed E-state index contributed by atoms with van der Waals surface area (Å²) in [5, 5.41) is 12.9. The molecule has 0 bridgehead atoms. The molecule has 3 nitrogen and oxygen atoms in total. The number of alkyl halides is 3. The lowest BCUT2D eigenvalue weighted by Crippen LogP contribution is -2.27. The Labute approximate surface area is 115 Å². The molecule has 6 heteroatoms. The highest BCUT2D eigenvalue weighted by Gasteiger charge is 2.31. The number of hydrogen-bond acceptors (Lipinski definition) is 3. The minimum atomic E-state index is -4.65. The molecular weight excluding hydrogens is 271 g/mol. The maximum Gasteiger partial charge on any atom is 0.573 e. The zero-order valence-electron chi connectivity index (χ0n) is 11.0. The Morgan fingerprint density at radius 2 is 1.90 bits per heavy atom. The number of ether oxygens (including phenoxy) is 1. The van der Waals surface area contributed by atoms with Crippen LogP contribution in [0.1, 0.15) is 24.8 Å². The van der Waals surface area contributed by atoms with Crippen LogP contribution in [0, 0.1) is 5.92 Å². The fourth-order valence-corrected chi connectivity index (χ4v) is 2.47. The minimum absolute atomic E-state index is 0.215. The van der Waals surface area contributed by atoms with Gasteiger partial charge in [0.1, 0.15) is 5.75 Å². The molecule has 112 valence electrons. The lowest BCUT2D eigenvalue weighted by Gasteiger charge is -2.15. The molecule has 2 rings (SSSR count). The van der Waals surface area contributed by atoms with Crippen molar-refractivity contribution in [2.75, 3.05) is 6.54 Å². The highest BCUT2D eigenvalue weighted by molar-refractivity contribution is 5.27. The van der Waals surface area contributed by atoms with E-state index in [9.17, 15) is 18.3 Å². The summed E-state index contributed by atoms with van der Waals surface area (Å²) in [6.07, 6.45) is -1.96. The van der Waals surface area contributed by atoms with Gasteiger partial charge in [0.05, 0.1) is 6.10 Å². The van der Waals surface area contributed by atoms with Crippen molar-refractivity contribution in [2.45, 2.75) is 38.3 Å². The molecule has 1 fully saturated rings. The predicted octanol–water partition coefficient (Wildman–Crippen LogP) is 2.84. The lowest BCUT2D eigenvalue weighted by molar-refractivity contribution is -0.274. The lowest BCUT2D eigenvalue weighted by atomic mass is 10.1. The quantitative estimate of drug-likeness (QED) is 0.876. The molecule has 2 N–H and O–H groups in total. The Morgan fingerprint density at radius 3 is 2.45 bits per heavy atom. The summed E-state index contributed by atoms with van der Waals surface area (Å²) >= 11 is 0. The van der Waals surface area contributed by atoms with Crippen molar-refractivity contribution in [3.05, 3.63) is 29.8 Å². The van der Waals surface area contributed by atoms with Crippen molar-refractivity contribution < 1.29 is 23.0 Å². The van der Waals surface area contributed by atoms with Crippen molar-refractivity contribution >= 4 is 0 Å². The van der Waals surface area contributed by atoms with Crippen LogP contribution in [0.25, 0.3) is 0 Å². The van der Waals surface area contributed by atoms with Crippen molar-refractivity contribution in [3.63, 3.8) is 0 Å². The topological polar surface area (TPSA) is 41.5 Å². The van der Waals surface area contributed by atoms with E-state index in [0.29, 0.717) is 6.54 Å². The zero-order chi connectivity index (χ0) is 14.6. The molecule has 2 unspecified atom stereocenters. The molecule has 1 aromatic rings. The summed E-state index contributed by atoms with van der Waals surface area (Å²) in [5.41, 5.74) is 0.881. The van der Waals surface area contributed by atoms with E-state index in [1.54, 1.807) is 12.1 Å². The van der Waals surface area contributed by atoms with Gasteiger partial charge in [0.25, 0.3) is 0 Å². The average molecular weight is 289 g/mol. The largest absolute Gasteiger partial charge is 0.573 e. The maximum absolute atomic E-state index is 12.0. The Morgan fingerprint density at radius 1 is 1.20 bits per heavy atom. The third-order valence-corrected chi connectivity index (χ3v) is 3.51. The molecule has 0 radical (unpaired) electrons. The normalized spacial score (nSPS) is 23.0. The Balaban J connectivity index is 1.76. The van der Waals surface area contributed by atoms with Crippen molar-refractivity contribution in [1.29, 1.82) is 0 Å². The SMILES string of the molecule is OC1CCCC1CNCc1ccc(OC(F)(F)F)cc1. The van der Waals surface area contributed by atoms with E-state index in [4.69, 9.17) is 0 Å². The number of aliphatic hydroxyl groups excluding tert-OH is 1. The minimum Gasteiger partial charge on any atom is -0.406 e. The fraction of sp³-hybridized carbons (Fsp3) is 0.571. The van der Waals surface area contributed by atoms with Crippen molar-refractivity contribution in [2.24, 2.45) is 5.92 Å². The summed E-state index contributed by atoms with van der Waals surface area (Å²) in [6.45, 7) is 1.29. The first-order chi connectivity index (χ1) is 9.44. The molecule has 1 saturated carbocycles. The second kappa shape index (κ2) is 6.45. The monoisotopic (exact) mass is 289 g/mol. The van der Waals surface area contributed by atoms with Crippen LogP contribution in [0.5, 0.6) is 5.75 Å². The molecule has 0 amide bonds. The van der Waals surface area contributed by atoms with E-state index in [2.05, 4.69) is 10.1 Å². The maximum atomic E-state index is 12.0. The second-order valence-electron chi connectivity index (χ2n) is 5.08. The Hall–Kier alpha value is -1.27. The molecular formula is C14H18F3NO2. The molecule has 0 aliphatic heterocycles. The molecule has 0 saturated heterocycles. The molecule has 0 heterocycles. The number of nitrogens with one attached hydrogen (secondary N) is 1. The molecule has 0 aromatic heterocycles. The molecule has 1 aliphatic carbocycles. The van der Waals surface area contributed by atoms with Gasteiger partial charge in [0.15, 0.2) is 0 Å². The first-order valence-electron chi connectivity index (χ1n) is 6.67.